The summed E-state index contributed by atoms with van der Waals surface area (Å²) in [4.78, 5) is 25.6. The molecule has 6 nitrogen and oxygen atoms in total. The van der Waals surface area contributed by atoms with Crippen LogP contribution in [-0.2, 0) is 17.9 Å². The third-order valence-corrected chi connectivity index (χ3v) is 5.57. The second-order valence-electron chi connectivity index (χ2n) is 7.69. The first-order chi connectivity index (χ1) is 16.0. The highest BCUT2D eigenvalue weighted by Crippen LogP contribution is 2.28. The van der Waals surface area contributed by atoms with Crippen molar-refractivity contribution >= 4 is 34.1 Å². The van der Waals surface area contributed by atoms with Crippen LogP contribution in [0.4, 0.5) is 10.1 Å². The molecule has 0 atom stereocenters. The maximum atomic E-state index is 13.7. The van der Waals surface area contributed by atoms with Crippen molar-refractivity contribution in [3.8, 4) is 11.3 Å². The average molecular weight is 461 g/mol. The molecule has 0 aliphatic carbocycles. The lowest BCUT2D eigenvalue weighted by atomic mass is 10.1. The molecule has 0 radical (unpaired) electrons. The summed E-state index contributed by atoms with van der Waals surface area (Å²) in [6, 6.07) is 20.7. The highest BCUT2D eigenvalue weighted by Gasteiger charge is 2.21. The molecule has 0 unspecified atom stereocenters. The minimum atomic E-state index is -0.390. The normalized spacial score (nSPS) is 11.2. The first-order valence-electron chi connectivity index (χ1n) is 10.3. The van der Waals surface area contributed by atoms with Gasteiger partial charge in [0, 0.05) is 28.8 Å². The monoisotopic (exact) mass is 460 g/mol. The summed E-state index contributed by atoms with van der Waals surface area (Å²) in [7, 11) is 0. The molecular formula is C25H18ClFN4O2. The van der Waals surface area contributed by atoms with Crippen LogP contribution in [0.3, 0.4) is 0 Å². The Kier molecular flexibility index (Phi) is 5.40. The molecule has 1 N–H and O–H groups in total. The Bertz CT molecular complexity index is 1520. The quantitative estimate of drug-likeness (QED) is 0.410. The molecule has 33 heavy (non-hydrogen) atoms. The number of para-hydroxylation sites is 1. The van der Waals surface area contributed by atoms with E-state index in [1.54, 1.807) is 36.5 Å². The molecule has 0 spiro atoms. The number of hydrogen-bond acceptors (Lipinski definition) is 3. The van der Waals surface area contributed by atoms with Gasteiger partial charge in [-0.1, -0.05) is 48.0 Å². The van der Waals surface area contributed by atoms with E-state index in [-0.39, 0.29) is 23.8 Å². The zero-order chi connectivity index (χ0) is 22.9. The molecule has 8 heteroatoms. The van der Waals surface area contributed by atoms with Gasteiger partial charge in [-0.3, -0.25) is 9.59 Å². The van der Waals surface area contributed by atoms with Crippen molar-refractivity contribution in [2.45, 2.75) is 13.1 Å². The maximum Gasteiger partial charge on any atom is 0.278 e. The number of pyridine rings is 1. The highest BCUT2D eigenvalue weighted by atomic mass is 35.5. The van der Waals surface area contributed by atoms with Crippen molar-refractivity contribution in [2.24, 2.45) is 0 Å². The summed E-state index contributed by atoms with van der Waals surface area (Å²) in [6.07, 6.45) is 1.71. The molecule has 3 aromatic rings. The number of amides is 1. The van der Waals surface area contributed by atoms with E-state index in [0.29, 0.717) is 28.5 Å². The number of carbonyl (C=O) groups is 1. The number of halogens is 2. The maximum absolute atomic E-state index is 13.7. The van der Waals surface area contributed by atoms with Crippen molar-refractivity contribution < 1.29 is 9.18 Å². The predicted octanol–water partition coefficient (Wildman–Crippen LogP) is 4.78. The molecule has 2 aliphatic heterocycles. The fourth-order valence-corrected chi connectivity index (χ4v) is 4.09. The van der Waals surface area contributed by atoms with Crippen LogP contribution in [-0.4, -0.2) is 20.3 Å². The second-order valence-corrected chi connectivity index (χ2v) is 8.12. The zero-order valence-corrected chi connectivity index (χ0v) is 18.1. The Hall–Kier alpha value is -3.97. The van der Waals surface area contributed by atoms with Gasteiger partial charge in [-0.25, -0.2) is 9.07 Å². The van der Waals surface area contributed by atoms with Crippen molar-refractivity contribution in [2.75, 3.05) is 5.32 Å². The topological polar surface area (TPSA) is 68.9 Å². The van der Waals surface area contributed by atoms with Gasteiger partial charge in [-0.05, 0) is 42.0 Å². The van der Waals surface area contributed by atoms with Gasteiger partial charge in [0.15, 0.2) is 0 Å². The number of aromatic nitrogens is 3. The average Bonchev–Trinajstić information content (AvgIpc) is 3.09. The molecule has 0 saturated heterocycles. The van der Waals surface area contributed by atoms with E-state index in [9.17, 15) is 14.0 Å². The number of nitrogens with zero attached hydrogens (tertiary/aromatic N) is 3. The van der Waals surface area contributed by atoms with Crippen molar-refractivity contribution in [1.82, 2.24) is 14.3 Å². The van der Waals surface area contributed by atoms with Crippen LogP contribution in [0.25, 0.3) is 22.2 Å². The summed E-state index contributed by atoms with van der Waals surface area (Å²) in [6.45, 7) is 0.145. The van der Waals surface area contributed by atoms with Crippen molar-refractivity contribution in [1.29, 1.82) is 0 Å². The van der Waals surface area contributed by atoms with Gasteiger partial charge in [0.2, 0.25) is 5.91 Å². The molecule has 0 saturated carbocycles. The van der Waals surface area contributed by atoms with Crippen molar-refractivity contribution in [3.05, 3.63) is 106 Å². The molecule has 0 fully saturated rings. The van der Waals surface area contributed by atoms with Crippen molar-refractivity contribution in [3.63, 3.8) is 0 Å². The fraction of sp³-hybridized carbons (Fsp3) is 0.0800. The number of rotatable bonds is 5. The summed E-state index contributed by atoms with van der Waals surface area (Å²) < 4.78 is 16.7. The lowest BCUT2D eigenvalue weighted by Crippen LogP contribution is -2.26. The van der Waals surface area contributed by atoms with Crippen LogP contribution in [0.1, 0.15) is 5.56 Å². The first-order valence-corrected chi connectivity index (χ1v) is 10.6. The molecular weight excluding hydrogens is 443 g/mol. The zero-order valence-electron chi connectivity index (χ0n) is 17.3. The van der Waals surface area contributed by atoms with Gasteiger partial charge in [0.25, 0.3) is 5.56 Å². The van der Waals surface area contributed by atoms with Crippen LogP contribution in [0.5, 0.6) is 0 Å². The van der Waals surface area contributed by atoms with Crippen LogP contribution in [0.2, 0.25) is 5.02 Å². The molecule has 2 heterocycles. The SMILES string of the molecule is O=C(Cn1nc2c3ccccc3n(Cc3cccc(F)c3)cc-2c1=O)Nc1cccc(Cl)c1. The lowest BCUT2D eigenvalue weighted by Gasteiger charge is -2.14. The van der Waals surface area contributed by atoms with Gasteiger partial charge >= 0.3 is 0 Å². The van der Waals surface area contributed by atoms with Gasteiger partial charge < -0.3 is 9.88 Å². The summed E-state index contributed by atoms with van der Waals surface area (Å²) in [5.74, 6) is -0.708. The smallest absolute Gasteiger partial charge is 0.278 e. The number of carbonyl (C=O) groups excluding carboxylic acids is 1. The highest BCUT2D eigenvalue weighted by molar-refractivity contribution is 6.30. The van der Waals surface area contributed by atoms with E-state index >= 15 is 0 Å². The Labute approximate surface area is 193 Å². The summed E-state index contributed by atoms with van der Waals surface area (Å²) in [5, 5.41) is 8.44. The van der Waals surface area contributed by atoms with E-state index in [1.165, 1.54) is 12.1 Å². The number of anilines is 1. The van der Waals surface area contributed by atoms with E-state index in [4.69, 9.17) is 11.6 Å². The molecule has 0 aromatic heterocycles. The van der Waals surface area contributed by atoms with Crippen LogP contribution >= 0.6 is 11.6 Å². The summed E-state index contributed by atoms with van der Waals surface area (Å²) >= 11 is 5.96. The molecule has 3 aromatic carbocycles. The number of hydrogen-bond donors (Lipinski definition) is 1. The Balaban J connectivity index is 1.53. The summed E-state index contributed by atoms with van der Waals surface area (Å²) in [5.41, 5.74) is 2.69. The second kappa shape index (κ2) is 8.52. The Morgan fingerprint density at radius 2 is 1.85 bits per heavy atom. The first kappa shape index (κ1) is 20.9. The van der Waals surface area contributed by atoms with Crippen LogP contribution in [0.15, 0.2) is 83.8 Å². The number of fused-ring (bicyclic) bond motifs is 3. The lowest BCUT2D eigenvalue weighted by molar-refractivity contribution is -0.116. The molecule has 0 bridgehead atoms. The third-order valence-electron chi connectivity index (χ3n) is 5.34. The van der Waals surface area contributed by atoms with Crippen LogP contribution < -0.4 is 10.9 Å². The standard InChI is InChI=1S/C25H18ClFN4O2/c26-17-6-4-8-19(12-17)28-23(32)15-31-25(33)21-14-30(13-16-5-3-7-18(27)11-16)22-10-2-1-9-20(22)24(21)29-31/h1-12,14H,13,15H2,(H,28,32). The van der Waals surface area contributed by atoms with Gasteiger partial charge in [-0.15, -0.1) is 0 Å². The van der Waals surface area contributed by atoms with E-state index in [1.807, 2.05) is 34.9 Å². The van der Waals surface area contributed by atoms with E-state index in [0.717, 1.165) is 21.1 Å². The molecule has 164 valence electrons. The van der Waals surface area contributed by atoms with E-state index < -0.39 is 0 Å². The molecule has 2 aliphatic rings. The largest absolute Gasteiger partial charge is 0.342 e. The Morgan fingerprint density at radius 3 is 2.67 bits per heavy atom. The van der Waals surface area contributed by atoms with Gasteiger partial charge in [0.05, 0.1) is 11.1 Å². The van der Waals surface area contributed by atoms with Crippen LogP contribution in [0, 0.1) is 5.82 Å². The number of benzene rings is 3. The third kappa shape index (κ3) is 4.23. The van der Waals surface area contributed by atoms with Gasteiger partial charge in [-0.2, -0.15) is 5.10 Å². The minimum Gasteiger partial charge on any atom is -0.342 e. The van der Waals surface area contributed by atoms with E-state index in [2.05, 4.69) is 10.4 Å². The fourth-order valence-electron chi connectivity index (χ4n) is 3.90. The predicted molar refractivity (Wildman–Crippen MR) is 126 cm³/mol. The van der Waals surface area contributed by atoms with Gasteiger partial charge in [0.1, 0.15) is 18.1 Å². The minimum absolute atomic E-state index is 0.238. The Morgan fingerprint density at radius 1 is 1.03 bits per heavy atom. The molecule has 1 amide bonds. The number of nitrogens with one attached hydrogen (secondary N) is 1. The molecule has 5 rings (SSSR count).